The maximum atomic E-state index is 13.1. The number of ether oxygens (including phenoxy) is 4. The summed E-state index contributed by atoms with van der Waals surface area (Å²) >= 11 is 0. The van der Waals surface area contributed by atoms with Crippen LogP contribution in [0.1, 0.15) is 31.1 Å². The fraction of sp³-hybridized carbons (Fsp3) is 0.241. The average Bonchev–Trinajstić information content (AvgIpc) is 2.95. The van der Waals surface area contributed by atoms with Crippen LogP contribution in [0.15, 0.2) is 96.1 Å². The zero-order valence-electron chi connectivity index (χ0n) is 21.4. The molecule has 0 spiro atoms. The molecule has 0 heterocycles. The standard InChI is InChI=1S/C29H30N2O7/c1-31(2)30-19-24(37-28(33)22-15-9-5-10-16-22)26(38-29(34)23-17-11-6-12-18-23)25(35-3)20-36-27(32)21-13-7-4-8-14-21/h4-19,24-26H,20H2,1-3H3/b30-19-/t24-,25+,26-/m0/s1. The third-order valence-corrected chi connectivity index (χ3v) is 5.33. The lowest BCUT2D eigenvalue weighted by atomic mass is 10.1. The number of esters is 3. The largest absolute Gasteiger partial charge is 0.459 e. The van der Waals surface area contributed by atoms with Gasteiger partial charge in [-0.15, -0.1) is 0 Å². The van der Waals surface area contributed by atoms with Crippen LogP contribution in [0.5, 0.6) is 0 Å². The molecule has 0 unspecified atom stereocenters. The Kier molecular flexibility index (Phi) is 10.6. The second kappa shape index (κ2) is 14.3. The van der Waals surface area contributed by atoms with Gasteiger partial charge in [-0.3, -0.25) is 0 Å². The van der Waals surface area contributed by atoms with Crippen LogP contribution >= 0.6 is 0 Å². The SMILES string of the molecule is CO[C@H](COC(=O)c1ccccc1)[C@@H](OC(=O)c1ccccc1)[C@H](/C=N\N(C)C)OC(=O)c1ccccc1. The Morgan fingerprint density at radius 3 is 1.63 bits per heavy atom. The van der Waals surface area contributed by atoms with Gasteiger partial charge in [-0.05, 0) is 36.4 Å². The molecule has 0 saturated carbocycles. The fourth-order valence-electron chi connectivity index (χ4n) is 3.38. The fourth-order valence-corrected chi connectivity index (χ4v) is 3.38. The smallest absolute Gasteiger partial charge is 0.338 e. The van der Waals surface area contributed by atoms with Crippen molar-refractivity contribution >= 4 is 24.1 Å². The Bertz CT molecular complexity index is 1200. The van der Waals surface area contributed by atoms with Gasteiger partial charge < -0.3 is 24.0 Å². The van der Waals surface area contributed by atoms with Crippen molar-refractivity contribution in [2.75, 3.05) is 27.8 Å². The van der Waals surface area contributed by atoms with Gasteiger partial charge in [0.15, 0.2) is 12.2 Å². The van der Waals surface area contributed by atoms with Gasteiger partial charge in [-0.1, -0.05) is 54.6 Å². The van der Waals surface area contributed by atoms with Crippen LogP contribution in [0.3, 0.4) is 0 Å². The van der Waals surface area contributed by atoms with Gasteiger partial charge >= 0.3 is 17.9 Å². The highest BCUT2D eigenvalue weighted by Gasteiger charge is 2.37. The Morgan fingerprint density at radius 2 is 1.18 bits per heavy atom. The van der Waals surface area contributed by atoms with E-state index < -0.39 is 36.2 Å². The number of hydrazone groups is 1. The molecule has 3 aromatic rings. The maximum absolute atomic E-state index is 13.1. The summed E-state index contributed by atoms with van der Waals surface area (Å²) in [6.07, 6.45) is -2.06. The average molecular weight is 519 g/mol. The molecule has 0 aliphatic carbocycles. The molecule has 0 amide bonds. The summed E-state index contributed by atoms with van der Waals surface area (Å²) in [6.45, 7) is -0.286. The molecule has 3 rings (SSSR count). The Morgan fingerprint density at radius 1 is 0.737 bits per heavy atom. The predicted molar refractivity (Wildman–Crippen MR) is 141 cm³/mol. The number of carbonyl (C=O) groups is 3. The lowest BCUT2D eigenvalue weighted by Gasteiger charge is -2.30. The van der Waals surface area contributed by atoms with E-state index in [0.717, 1.165) is 0 Å². The van der Waals surface area contributed by atoms with E-state index in [1.807, 2.05) is 0 Å². The second-order valence-corrected chi connectivity index (χ2v) is 8.32. The number of hydrogen-bond acceptors (Lipinski definition) is 9. The van der Waals surface area contributed by atoms with Gasteiger partial charge in [-0.2, -0.15) is 5.10 Å². The molecule has 0 fully saturated rings. The zero-order chi connectivity index (χ0) is 27.3. The molecule has 9 nitrogen and oxygen atoms in total. The maximum Gasteiger partial charge on any atom is 0.338 e. The van der Waals surface area contributed by atoms with E-state index in [-0.39, 0.29) is 12.2 Å². The van der Waals surface area contributed by atoms with Gasteiger partial charge in [-0.25, -0.2) is 14.4 Å². The molecule has 0 radical (unpaired) electrons. The van der Waals surface area contributed by atoms with Crippen LogP contribution < -0.4 is 0 Å². The van der Waals surface area contributed by atoms with Gasteiger partial charge in [0.1, 0.15) is 12.7 Å². The predicted octanol–water partition coefficient (Wildman–Crippen LogP) is 3.86. The Balaban J connectivity index is 1.90. The van der Waals surface area contributed by atoms with E-state index in [4.69, 9.17) is 18.9 Å². The monoisotopic (exact) mass is 518 g/mol. The molecule has 9 heteroatoms. The van der Waals surface area contributed by atoms with Crippen LogP contribution in [0.25, 0.3) is 0 Å². The summed E-state index contributed by atoms with van der Waals surface area (Å²) in [5.74, 6) is -1.91. The molecule has 0 aliphatic rings. The molecule has 0 saturated heterocycles. The summed E-state index contributed by atoms with van der Waals surface area (Å²) in [7, 11) is 4.75. The number of benzene rings is 3. The first-order chi connectivity index (χ1) is 18.4. The Hall–Kier alpha value is -4.50. The molecule has 0 N–H and O–H groups in total. The molecule has 3 aromatic carbocycles. The van der Waals surface area contributed by atoms with Crippen molar-refractivity contribution in [1.82, 2.24) is 5.01 Å². The van der Waals surface area contributed by atoms with Crippen molar-refractivity contribution in [3.63, 3.8) is 0 Å². The number of nitrogens with zero attached hydrogens (tertiary/aromatic N) is 2. The van der Waals surface area contributed by atoms with Gasteiger partial charge in [0.2, 0.25) is 0 Å². The molecular weight excluding hydrogens is 488 g/mol. The molecule has 0 bridgehead atoms. The van der Waals surface area contributed by atoms with E-state index in [1.165, 1.54) is 18.3 Å². The molecule has 0 aromatic heterocycles. The third-order valence-electron chi connectivity index (χ3n) is 5.33. The van der Waals surface area contributed by atoms with Crippen LogP contribution in [-0.4, -0.2) is 75.3 Å². The minimum atomic E-state index is -1.22. The van der Waals surface area contributed by atoms with Crippen molar-refractivity contribution in [2.24, 2.45) is 5.10 Å². The van der Waals surface area contributed by atoms with E-state index in [1.54, 1.807) is 105 Å². The van der Waals surface area contributed by atoms with Crippen LogP contribution in [0, 0.1) is 0 Å². The number of methoxy groups -OCH3 is 1. The van der Waals surface area contributed by atoms with Crippen molar-refractivity contribution in [3.05, 3.63) is 108 Å². The minimum absolute atomic E-state index is 0.284. The molecule has 3 atom stereocenters. The number of carbonyl (C=O) groups excluding carboxylic acids is 3. The van der Waals surface area contributed by atoms with E-state index >= 15 is 0 Å². The van der Waals surface area contributed by atoms with Crippen molar-refractivity contribution in [1.29, 1.82) is 0 Å². The highest BCUT2D eigenvalue weighted by Crippen LogP contribution is 2.18. The van der Waals surface area contributed by atoms with Gasteiger partial charge in [0.05, 0.1) is 22.9 Å². The van der Waals surface area contributed by atoms with Gasteiger partial charge in [0.25, 0.3) is 0 Å². The van der Waals surface area contributed by atoms with E-state index in [0.29, 0.717) is 11.1 Å². The summed E-state index contributed by atoms with van der Waals surface area (Å²) in [5, 5.41) is 5.71. The lowest BCUT2D eigenvalue weighted by molar-refractivity contribution is -0.0915. The summed E-state index contributed by atoms with van der Waals surface area (Å²) < 4.78 is 22.6. The highest BCUT2D eigenvalue weighted by atomic mass is 16.6. The lowest BCUT2D eigenvalue weighted by Crippen LogP contribution is -2.47. The van der Waals surface area contributed by atoms with Crippen molar-refractivity contribution in [3.8, 4) is 0 Å². The normalized spacial score (nSPS) is 13.2. The summed E-state index contributed by atoms with van der Waals surface area (Å²) in [6, 6.07) is 25.2. The molecular formula is C29H30N2O7. The summed E-state index contributed by atoms with van der Waals surface area (Å²) in [5.41, 5.74) is 0.932. The van der Waals surface area contributed by atoms with E-state index in [9.17, 15) is 14.4 Å². The first kappa shape index (κ1) is 28.1. The van der Waals surface area contributed by atoms with E-state index in [2.05, 4.69) is 5.10 Å². The first-order valence-corrected chi connectivity index (χ1v) is 11.9. The van der Waals surface area contributed by atoms with Crippen molar-refractivity contribution < 1.29 is 33.3 Å². The third kappa shape index (κ3) is 8.28. The van der Waals surface area contributed by atoms with Crippen LogP contribution in [0.4, 0.5) is 0 Å². The summed E-state index contributed by atoms with van der Waals surface area (Å²) in [4.78, 5) is 38.6. The quantitative estimate of drug-likeness (QED) is 0.154. The molecule has 198 valence electrons. The minimum Gasteiger partial charge on any atom is -0.459 e. The number of hydrogen-bond donors (Lipinski definition) is 0. The first-order valence-electron chi connectivity index (χ1n) is 11.9. The van der Waals surface area contributed by atoms with Crippen LogP contribution in [-0.2, 0) is 18.9 Å². The second-order valence-electron chi connectivity index (χ2n) is 8.32. The van der Waals surface area contributed by atoms with Crippen molar-refractivity contribution in [2.45, 2.75) is 18.3 Å². The molecule has 38 heavy (non-hydrogen) atoms. The van der Waals surface area contributed by atoms with Crippen LogP contribution in [0.2, 0.25) is 0 Å². The van der Waals surface area contributed by atoms with Gasteiger partial charge in [0, 0.05) is 21.2 Å². The topological polar surface area (TPSA) is 104 Å². The highest BCUT2D eigenvalue weighted by molar-refractivity contribution is 5.92. The Labute approximate surface area is 221 Å². The molecule has 0 aliphatic heterocycles. The number of rotatable bonds is 12. The zero-order valence-corrected chi connectivity index (χ0v) is 21.4.